The van der Waals surface area contributed by atoms with Gasteiger partial charge in [0.25, 0.3) is 5.91 Å². The molecular weight excluding hydrogens is 404 g/mol. The monoisotopic (exact) mass is 432 g/mol. The maximum atomic E-state index is 13.1. The highest BCUT2D eigenvalue weighted by Crippen LogP contribution is 2.24. The van der Waals surface area contributed by atoms with Crippen LogP contribution in [0, 0.1) is 11.3 Å². The third kappa shape index (κ3) is 4.76. The van der Waals surface area contributed by atoms with Crippen molar-refractivity contribution in [2.45, 2.75) is 25.4 Å². The van der Waals surface area contributed by atoms with E-state index < -0.39 is 0 Å². The number of methoxy groups -OCH3 is 1. The Kier molecular flexibility index (Phi) is 6.72. The summed E-state index contributed by atoms with van der Waals surface area (Å²) in [6.45, 7) is 3.76. The second kappa shape index (κ2) is 9.84. The first kappa shape index (κ1) is 21.8. The molecule has 0 N–H and O–H groups in total. The molecule has 0 saturated carbocycles. The van der Waals surface area contributed by atoms with Gasteiger partial charge in [-0.2, -0.15) is 5.26 Å². The predicted molar refractivity (Wildman–Crippen MR) is 120 cm³/mol. The van der Waals surface area contributed by atoms with E-state index in [1.807, 2.05) is 58.3 Å². The fourth-order valence-electron chi connectivity index (χ4n) is 4.41. The fourth-order valence-corrected chi connectivity index (χ4v) is 4.41. The minimum atomic E-state index is -0.348. The van der Waals surface area contributed by atoms with Crippen LogP contribution in [0.25, 0.3) is 0 Å². The van der Waals surface area contributed by atoms with Crippen molar-refractivity contribution in [1.29, 1.82) is 5.26 Å². The van der Waals surface area contributed by atoms with Crippen molar-refractivity contribution in [2.75, 3.05) is 39.8 Å². The van der Waals surface area contributed by atoms with Gasteiger partial charge < -0.3 is 14.5 Å². The Bertz CT molecular complexity index is 1010. The third-order valence-corrected chi connectivity index (χ3v) is 6.24. The first-order valence-corrected chi connectivity index (χ1v) is 11.0. The van der Waals surface area contributed by atoms with E-state index in [0.717, 1.165) is 29.8 Å². The minimum absolute atomic E-state index is 0.00259. The number of hydrogen-bond donors (Lipinski definition) is 0. The molecule has 0 aliphatic carbocycles. The van der Waals surface area contributed by atoms with Crippen LogP contribution in [-0.4, -0.2) is 66.3 Å². The second-order valence-corrected chi connectivity index (χ2v) is 8.25. The van der Waals surface area contributed by atoms with Crippen molar-refractivity contribution in [1.82, 2.24) is 14.7 Å². The molecule has 2 aliphatic heterocycles. The summed E-state index contributed by atoms with van der Waals surface area (Å²) < 4.78 is 5.20. The first-order valence-electron chi connectivity index (χ1n) is 11.0. The average Bonchev–Trinajstić information content (AvgIpc) is 3.24. The lowest BCUT2D eigenvalue weighted by Crippen LogP contribution is -2.49. The lowest BCUT2D eigenvalue weighted by atomic mass is 10.0. The summed E-state index contributed by atoms with van der Waals surface area (Å²) in [5.74, 6) is 0.941. The smallest absolute Gasteiger partial charge is 0.253 e. The average molecular weight is 433 g/mol. The van der Waals surface area contributed by atoms with E-state index in [4.69, 9.17) is 4.74 Å². The largest absolute Gasteiger partial charge is 0.497 e. The van der Waals surface area contributed by atoms with E-state index in [0.29, 0.717) is 44.7 Å². The van der Waals surface area contributed by atoms with E-state index in [1.54, 1.807) is 7.11 Å². The Morgan fingerprint density at radius 3 is 2.47 bits per heavy atom. The number of amides is 2. The molecule has 2 aromatic carbocycles. The number of carbonyl (C=O) groups is 2. The zero-order chi connectivity index (χ0) is 22.5. The van der Waals surface area contributed by atoms with Crippen molar-refractivity contribution in [3.05, 3.63) is 65.2 Å². The Hall–Kier alpha value is -3.37. The SMILES string of the molecule is COc1ccc(C(C#N)N2CCN(C(=O)c3cccc(CN4CCCC4=O)c3)CC2)cc1. The molecule has 2 fully saturated rings. The van der Waals surface area contributed by atoms with Crippen LogP contribution in [0.1, 0.15) is 40.4 Å². The molecule has 4 rings (SSSR count). The summed E-state index contributed by atoms with van der Waals surface area (Å²) in [5.41, 5.74) is 2.56. The van der Waals surface area contributed by atoms with Gasteiger partial charge in [0.05, 0.1) is 13.2 Å². The van der Waals surface area contributed by atoms with Crippen molar-refractivity contribution >= 4 is 11.8 Å². The van der Waals surface area contributed by atoms with Crippen LogP contribution in [-0.2, 0) is 11.3 Å². The van der Waals surface area contributed by atoms with Crippen LogP contribution in [0.2, 0.25) is 0 Å². The van der Waals surface area contributed by atoms with E-state index in [1.165, 1.54) is 0 Å². The van der Waals surface area contributed by atoms with Crippen LogP contribution in [0.4, 0.5) is 0 Å². The Balaban J connectivity index is 1.37. The number of hydrogen-bond acceptors (Lipinski definition) is 5. The highest BCUT2D eigenvalue weighted by atomic mass is 16.5. The molecule has 0 radical (unpaired) electrons. The van der Waals surface area contributed by atoms with Crippen LogP contribution in [0.3, 0.4) is 0 Å². The van der Waals surface area contributed by atoms with Crippen LogP contribution >= 0.6 is 0 Å². The molecule has 2 aliphatic rings. The number of likely N-dealkylation sites (tertiary alicyclic amines) is 1. The highest BCUT2D eigenvalue weighted by Gasteiger charge is 2.28. The number of carbonyl (C=O) groups excluding carboxylic acids is 2. The van der Waals surface area contributed by atoms with E-state index in [9.17, 15) is 14.9 Å². The van der Waals surface area contributed by atoms with Gasteiger partial charge in [-0.1, -0.05) is 24.3 Å². The van der Waals surface area contributed by atoms with Crippen LogP contribution < -0.4 is 4.74 Å². The zero-order valence-corrected chi connectivity index (χ0v) is 18.4. The Labute approximate surface area is 188 Å². The molecule has 1 unspecified atom stereocenters. The molecule has 7 heteroatoms. The quantitative estimate of drug-likeness (QED) is 0.702. The van der Waals surface area contributed by atoms with E-state index in [2.05, 4.69) is 11.0 Å². The molecule has 7 nitrogen and oxygen atoms in total. The molecule has 0 spiro atoms. The summed E-state index contributed by atoms with van der Waals surface area (Å²) in [4.78, 5) is 30.8. The molecular formula is C25H28N4O3. The van der Waals surface area contributed by atoms with Crippen molar-refractivity contribution in [3.8, 4) is 11.8 Å². The van der Waals surface area contributed by atoms with Gasteiger partial charge in [0, 0.05) is 51.3 Å². The second-order valence-electron chi connectivity index (χ2n) is 8.25. The van der Waals surface area contributed by atoms with Gasteiger partial charge in [-0.05, 0) is 41.8 Å². The topological polar surface area (TPSA) is 76.9 Å². The van der Waals surface area contributed by atoms with Gasteiger partial charge in [0.15, 0.2) is 0 Å². The third-order valence-electron chi connectivity index (χ3n) is 6.24. The molecule has 0 bridgehead atoms. The maximum Gasteiger partial charge on any atom is 0.253 e. The molecule has 166 valence electrons. The maximum absolute atomic E-state index is 13.1. The van der Waals surface area contributed by atoms with Gasteiger partial charge in [-0.3, -0.25) is 14.5 Å². The Morgan fingerprint density at radius 1 is 1.09 bits per heavy atom. The van der Waals surface area contributed by atoms with E-state index >= 15 is 0 Å². The Morgan fingerprint density at radius 2 is 1.84 bits per heavy atom. The number of rotatable bonds is 6. The first-order chi connectivity index (χ1) is 15.6. The van der Waals surface area contributed by atoms with Crippen molar-refractivity contribution in [3.63, 3.8) is 0 Å². The van der Waals surface area contributed by atoms with Gasteiger partial charge in [0.1, 0.15) is 11.8 Å². The van der Waals surface area contributed by atoms with Crippen LogP contribution in [0.5, 0.6) is 5.75 Å². The summed E-state index contributed by atoms with van der Waals surface area (Å²) in [6.07, 6.45) is 1.52. The summed E-state index contributed by atoms with van der Waals surface area (Å²) in [5, 5.41) is 9.75. The number of nitriles is 1. The zero-order valence-electron chi connectivity index (χ0n) is 18.4. The molecule has 32 heavy (non-hydrogen) atoms. The van der Waals surface area contributed by atoms with Gasteiger partial charge in [0.2, 0.25) is 5.91 Å². The molecule has 0 aromatic heterocycles. The normalized spacial score (nSPS) is 17.8. The van der Waals surface area contributed by atoms with Gasteiger partial charge in [-0.25, -0.2) is 0 Å². The van der Waals surface area contributed by atoms with Crippen molar-refractivity contribution in [2.24, 2.45) is 0 Å². The van der Waals surface area contributed by atoms with Crippen molar-refractivity contribution < 1.29 is 14.3 Å². The predicted octanol–water partition coefficient (Wildman–Crippen LogP) is 2.84. The number of benzene rings is 2. The standard InChI is InChI=1S/C25H28N4O3/c1-32-22-9-7-20(8-10-22)23(17-26)27-12-14-28(15-13-27)25(31)21-5-2-4-19(16-21)18-29-11-3-6-24(29)30/h2,4-5,7-10,16,23H,3,6,11-15,18H2,1H3. The number of piperazine rings is 1. The van der Waals surface area contributed by atoms with Gasteiger partial charge in [-0.15, -0.1) is 0 Å². The van der Waals surface area contributed by atoms with Crippen LogP contribution in [0.15, 0.2) is 48.5 Å². The van der Waals surface area contributed by atoms with E-state index in [-0.39, 0.29) is 17.9 Å². The summed E-state index contributed by atoms with van der Waals surface area (Å²) in [6, 6.07) is 17.2. The summed E-state index contributed by atoms with van der Waals surface area (Å²) in [7, 11) is 1.62. The molecule has 1 atom stereocenters. The molecule has 2 saturated heterocycles. The highest BCUT2D eigenvalue weighted by molar-refractivity contribution is 5.94. The number of nitrogens with zero attached hydrogens (tertiary/aromatic N) is 4. The number of ether oxygens (including phenoxy) is 1. The molecule has 2 amide bonds. The molecule has 2 heterocycles. The summed E-state index contributed by atoms with van der Waals surface area (Å²) >= 11 is 0. The molecule has 2 aromatic rings. The fraction of sp³-hybridized carbons (Fsp3) is 0.400. The lowest BCUT2D eigenvalue weighted by molar-refractivity contribution is -0.128. The van der Waals surface area contributed by atoms with Gasteiger partial charge >= 0.3 is 0 Å². The minimum Gasteiger partial charge on any atom is -0.497 e. The lowest BCUT2D eigenvalue weighted by Gasteiger charge is -2.37.